The highest BCUT2D eigenvalue weighted by molar-refractivity contribution is 7.78. The molecular weight excluding hydrogens is 284 g/mol. The molecule has 108 valence electrons. The molecule has 0 saturated heterocycles. The fourth-order valence-electron chi connectivity index (χ4n) is 3.15. The largest absolute Gasteiger partial charge is 0.0934 e. The molecule has 0 nitrogen and oxygen atoms in total. The van der Waals surface area contributed by atoms with Crippen LogP contribution in [0.1, 0.15) is 23.1 Å². The van der Waals surface area contributed by atoms with Crippen LogP contribution in [-0.4, -0.2) is 5.37 Å². The van der Waals surface area contributed by atoms with Gasteiger partial charge in [0.05, 0.1) is 0 Å². The fraction of sp³-hybridized carbons (Fsp3) is 0.0952. The van der Waals surface area contributed by atoms with Gasteiger partial charge >= 0.3 is 0 Å². The van der Waals surface area contributed by atoms with Gasteiger partial charge in [0.25, 0.3) is 0 Å². The molecule has 0 fully saturated rings. The standard InChI is InChI=1S/C21H18S/c22-17-16-21(18-10-4-1-5-11-18,19-12-6-2-7-13-19)20-14-8-3-9-15-20/h1-15,17H,16H2. The Labute approximate surface area is 137 Å². The van der Waals surface area contributed by atoms with Crippen molar-refractivity contribution in [1.29, 1.82) is 0 Å². The number of rotatable bonds is 5. The summed E-state index contributed by atoms with van der Waals surface area (Å²) >= 11 is 5.28. The molecule has 3 rings (SSSR count). The average Bonchev–Trinajstić information content (AvgIpc) is 2.62. The summed E-state index contributed by atoms with van der Waals surface area (Å²) < 4.78 is 0. The van der Waals surface area contributed by atoms with Gasteiger partial charge in [0.1, 0.15) is 0 Å². The van der Waals surface area contributed by atoms with E-state index in [4.69, 9.17) is 12.2 Å². The van der Waals surface area contributed by atoms with Gasteiger partial charge in [-0.1, -0.05) is 103 Å². The van der Waals surface area contributed by atoms with Crippen molar-refractivity contribution in [2.45, 2.75) is 11.8 Å². The zero-order valence-electron chi connectivity index (χ0n) is 12.4. The van der Waals surface area contributed by atoms with Crippen LogP contribution in [0.4, 0.5) is 0 Å². The van der Waals surface area contributed by atoms with Crippen LogP contribution in [-0.2, 0) is 5.41 Å². The minimum absolute atomic E-state index is 0.231. The van der Waals surface area contributed by atoms with Gasteiger partial charge in [-0.15, -0.1) is 0 Å². The molecule has 0 heterocycles. The molecule has 0 bridgehead atoms. The van der Waals surface area contributed by atoms with Crippen molar-refractivity contribution in [2.75, 3.05) is 0 Å². The summed E-state index contributed by atoms with van der Waals surface area (Å²) in [6.07, 6.45) is 0.792. The van der Waals surface area contributed by atoms with E-state index >= 15 is 0 Å². The Morgan fingerprint density at radius 2 is 0.909 bits per heavy atom. The van der Waals surface area contributed by atoms with Gasteiger partial charge < -0.3 is 0 Å². The summed E-state index contributed by atoms with van der Waals surface area (Å²) in [6.45, 7) is 0. The molecule has 0 aliphatic heterocycles. The molecule has 22 heavy (non-hydrogen) atoms. The summed E-state index contributed by atoms with van der Waals surface area (Å²) in [7, 11) is 0. The Bertz CT molecular complexity index is 621. The molecule has 0 radical (unpaired) electrons. The van der Waals surface area contributed by atoms with Gasteiger partial charge in [-0.05, 0) is 28.5 Å². The second-order valence-electron chi connectivity index (χ2n) is 5.37. The molecule has 1 heteroatoms. The molecule has 0 saturated carbocycles. The minimum atomic E-state index is -0.231. The first-order valence-corrected chi connectivity index (χ1v) is 7.95. The van der Waals surface area contributed by atoms with Crippen molar-refractivity contribution in [2.24, 2.45) is 0 Å². The van der Waals surface area contributed by atoms with Crippen molar-refractivity contribution < 1.29 is 0 Å². The van der Waals surface area contributed by atoms with Crippen LogP contribution in [0, 0.1) is 0 Å². The van der Waals surface area contributed by atoms with Gasteiger partial charge in [0.2, 0.25) is 0 Å². The monoisotopic (exact) mass is 302 g/mol. The van der Waals surface area contributed by atoms with Crippen molar-refractivity contribution in [3.8, 4) is 0 Å². The van der Waals surface area contributed by atoms with Gasteiger partial charge in [-0.3, -0.25) is 0 Å². The van der Waals surface area contributed by atoms with E-state index in [9.17, 15) is 0 Å². The van der Waals surface area contributed by atoms with Gasteiger partial charge in [0, 0.05) is 5.41 Å². The molecule has 0 N–H and O–H groups in total. The Balaban J connectivity index is 2.31. The highest BCUT2D eigenvalue weighted by Gasteiger charge is 2.34. The van der Waals surface area contributed by atoms with E-state index in [-0.39, 0.29) is 5.41 Å². The van der Waals surface area contributed by atoms with E-state index in [1.807, 2.05) is 5.37 Å². The van der Waals surface area contributed by atoms with E-state index in [0.29, 0.717) is 0 Å². The second-order valence-corrected chi connectivity index (χ2v) is 5.71. The molecule has 0 atom stereocenters. The maximum absolute atomic E-state index is 5.28. The van der Waals surface area contributed by atoms with Crippen molar-refractivity contribution in [3.63, 3.8) is 0 Å². The topological polar surface area (TPSA) is 0 Å². The molecule has 0 aromatic heterocycles. The first-order chi connectivity index (χ1) is 10.9. The fourth-order valence-corrected chi connectivity index (χ4v) is 3.40. The van der Waals surface area contributed by atoms with Crippen LogP contribution in [0.2, 0.25) is 0 Å². The van der Waals surface area contributed by atoms with Gasteiger partial charge in [-0.2, -0.15) is 0 Å². The maximum Gasteiger partial charge on any atom is 0.0493 e. The molecule has 0 spiro atoms. The molecule has 0 amide bonds. The van der Waals surface area contributed by atoms with Crippen molar-refractivity contribution in [3.05, 3.63) is 108 Å². The van der Waals surface area contributed by atoms with Crippen LogP contribution < -0.4 is 0 Å². The Hall–Kier alpha value is -2.25. The summed E-state index contributed by atoms with van der Waals surface area (Å²) in [6, 6.07) is 31.9. The lowest BCUT2D eigenvalue weighted by atomic mass is 9.68. The van der Waals surface area contributed by atoms with Crippen LogP contribution in [0.5, 0.6) is 0 Å². The van der Waals surface area contributed by atoms with Crippen LogP contribution in [0.15, 0.2) is 91.0 Å². The van der Waals surface area contributed by atoms with Gasteiger partial charge in [-0.25, -0.2) is 0 Å². The lowest BCUT2D eigenvalue weighted by Gasteiger charge is -2.35. The number of hydrogen-bond acceptors (Lipinski definition) is 1. The summed E-state index contributed by atoms with van der Waals surface area (Å²) in [5.74, 6) is 0. The SMILES string of the molecule is S=CCC(c1ccccc1)(c1ccccc1)c1ccccc1. The summed E-state index contributed by atoms with van der Waals surface area (Å²) in [5, 5.41) is 1.85. The predicted octanol–water partition coefficient (Wildman–Crippen LogP) is 5.41. The molecule has 0 aliphatic carbocycles. The zero-order valence-corrected chi connectivity index (χ0v) is 13.2. The third-order valence-corrected chi connectivity index (χ3v) is 4.36. The number of hydrogen-bond donors (Lipinski definition) is 0. The minimum Gasteiger partial charge on any atom is -0.0934 e. The number of thiocarbonyl (C=S) groups is 1. The Kier molecular flexibility index (Phi) is 4.45. The smallest absolute Gasteiger partial charge is 0.0493 e. The van der Waals surface area contributed by atoms with Crippen molar-refractivity contribution in [1.82, 2.24) is 0 Å². The summed E-state index contributed by atoms with van der Waals surface area (Å²) in [5.41, 5.74) is 3.58. The lowest BCUT2D eigenvalue weighted by molar-refractivity contribution is 0.654. The first kappa shape index (κ1) is 14.7. The Morgan fingerprint density at radius 1 is 0.591 bits per heavy atom. The quantitative estimate of drug-likeness (QED) is 0.448. The molecule has 0 aliphatic rings. The predicted molar refractivity (Wildman–Crippen MR) is 97.5 cm³/mol. The second kappa shape index (κ2) is 6.67. The van der Waals surface area contributed by atoms with Crippen LogP contribution in [0.3, 0.4) is 0 Å². The highest BCUT2D eigenvalue weighted by Crippen LogP contribution is 2.41. The normalized spacial score (nSPS) is 11.1. The van der Waals surface area contributed by atoms with Crippen LogP contribution >= 0.6 is 12.2 Å². The average molecular weight is 302 g/mol. The zero-order chi connectivity index (χ0) is 15.3. The van der Waals surface area contributed by atoms with E-state index in [1.165, 1.54) is 16.7 Å². The molecule has 0 unspecified atom stereocenters. The molecule has 3 aromatic rings. The molecular formula is C21H18S. The first-order valence-electron chi connectivity index (χ1n) is 7.48. The van der Waals surface area contributed by atoms with E-state index in [2.05, 4.69) is 91.0 Å². The van der Waals surface area contributed by atoms with E-state index in [1.54, 1.807) is 0 Å². The summed E-state index contributed by atoms with van der Waals surface area (Å²) in [4.78, 5) is 0. The van der Waals surface area contributed by atoms with Crippen LogP contribution in [0.25, 0.3) is 0 Å². The number of benzene rings is 3. The molecule has 3 aromatic carbocycles. The van der Waals surface area contributed by atoms with Gasteiger partial charge in [0.15, 0.2) is 0 Å². The highest BCUT2D eigenvalue weighted by atomic mass is 32.1. The third kappa shape index (κ3) is 2.60. The van der Waals surface area contributed by atoms with E-state index < -0.39 is 0 Å². The van der Waals surface area contributed by atoms with E-state index in [0.717, 1.165) is 6.42 Å². The lowest BCUT2D eigenvalue weighted by Crippen LogP contribution is -2.29. The Morgan fingerprint density at radius 3 is 1.18 bits per heavy atom. The maximum atomic E-state index is 5.28. The van der Waals surface area contributed by atoms with Crippen molar-refractivity contribution >= 4 is 17.6 Å². The third-order valence-electron chi connectivity index (χ3n) is 4.19.